The van der Waals surface area contributed by atoms with Gasteiger partial charge in [-0.15, -0.1) is 0 Å². The number of hydrogen-bond acceptors (Lipinski definition) is 5. The lowest BCUT2D eigenvalue weighted by Gasteiger charge is -2.10. The van der Waals surface area contributed by atoms with Gasteiger partial charge in [0.05, 0.1) is 4.43 Å². The maximum absolute atomic E-state index is 11.9. The van der Waals surface area contributed by atoms with E-state index in [2.05, 4.69) is 9.60 Å². The van der Waals surface area contributed by atoms with E-state index in [4.69, 9.17) is 5.90 Å². The van der Waals surface area contributed by atoms with Crippen molar-refractivity contribution in [2.45, 2.75) is 11.3 Å². The first kappa shape index (κ1) is 17.1. The van der Waals surface area contributed by atoms with Gasteiger partial charge < -0.3 is 5.32 Å². The highest BCUT2D eigenvalue weighted by Crippen LogP contribution is 2.26. The summed E-state index contributed by atoms with van der Waals surface area (Å²) in [5.74, 6) is 4.83. The second-order valence-corrected chi connectivity index (χ2v) is 6.86. The van der Waals surface area contributed by atoms with E-state index in [9.17, 15) is 13.2 Å². The predicted octanol–water partition coefficient (Wildman–Crippen LogP) is 1.51. The Morgan fingerprint density at radius 3 is 2.55 bits per heavy atom. The molecule has 118 valence electrons. The molecule has 2 aromatic carbocycles. The second kappa shape index (κ2) is 7.36. The first-order chi connectivity index (χ1) is 10.5. The highest BCUT2D eigenvalue weighted by atomic mass is 127. The van der Waals surface area contributed by atoms with E-state index >= 15 is 0 Å². The van der Waals surface area contributed by atoms with E-state index in [1.807, 2.05) is 34.7 Å². The summed E-state index contributed by atoms with van der Waals surface area (Å²) in [5, 5.41) is 4.13. The smallest absolute Gasteiger partial charge is 0.313 e. The standard InChI is InChI=1S/C14H15IN2O4S/c15-9-14(18)17-8-7-10-3-1-5-12-11(10)4-2-6-13(12)22(19,20)21-16/h1-6H,7-9,16H2,(H,17,18). The third-order valence-corrected chi connectivity index (χ3v) is 5.05. The van der Waals surface area contributed by atoms with Crippen LogP contribution in [-0.4, -0.2) is 25.3 Å². The summed E-state index contributed by atoms with van der Waals surface area (Å²) in [6.45, 7) is 0.491. The van der Waals surface area contributed by atoms with Crippen molar-refractivity contribution in [2.24, 2.45) is 5.90 Å². The van der Waals surface area contributed by atoms with Gasteiger partial charge in [0.25, 0.3) is 0 Å². The van der Waals surface area contributed by atoms with Crippen LogP contribution in [0.1, 0.15) is 5.56 Å². The lowest BCUT2D eigenvalue weighted by atomic mass is 10.0. The summed E-state index contributed by atoms with van der Waals surface area (Å²) in [6.07, 6.45) is 0.604. The van der Waals surface area contributed by atoms with Crippen LogP contribution in [0, 0.1) is 0 Å². The normalized spacial score (nSPS) is 11.5. The molecule has 22 heavy (non-hydrogen) atoms. The van der Waals surface area contributed by atoms with Gasteiger partial charge in [-0.25, -0.2) is 0 Å². The zero-order valence-electron chi connectivity index (χ0n) is 11.6. The number of nitrogens with one attached hydrogen (secondary N) is 1. The lowest BCUT2D eigenvalue weighted by Crippen LogP contribution is -2.26. The number of alkyl halides is 1. The first-order valence-corrected chi connectivity index (χ1v) is 9.39. The Hall–Kier alpha value is -1.23. The fraction of sp³-hybridized carbons (Fsp3) is 0.214. The van der Waals surface area contributed by atoms with Crippen LogP contribution in [-0.2, 0) is 25.6 Å². The fourth-order valence-electron chi connectivity index (χ4n) is 2.22. The van der Waals surface area contributed by atoms with Gasteiger partial charge in [0.15, 0.2) is 0 Å². The van der Waals surface area contributed by atoms with Crippen LogP contribution in [0.3, 0.4) is 0 Å². The molecule has 1 amide bonds. The summed E-state index contributed by atoms with van der Waals surface area (Å²) < 4.78 is 28.2. The number of fused-ring (bicyclic) bond motifs is 1. The summed E-state index contributed by atoms with van der Waals surface area (Å²) in [5.41, 5.74) is 0.945. The molecule has 0 bridgehead atoms. The highest BCUT2D eigenvalue weighted by molar-refractivity contribution is 14.1. The Balaban J connectivity index is 2.38. The molecule has 0 unspecified atom stereocenters. The van der Waals surface area contributed by atoms with Gasteiger partial charge in [-0.05, 0) is 23.4 Å². The van der Waals surface area contributed by atoms with Crippen molar-refractivity contribution in [3.63, 3.8) is 0 Å². The van der Waals surface area contributed by atoms with Gasteiger partial charge in [0.2, 0.25) is 5.91 Å². The first-order valence-electron chi connectivity index (χ1n) is 6.46. The fourth-order valence-corrected chi connectivity index (χ4v) is 3.28. The van der Waals surface area contributed by atoms with Gasteiger partial charge >= 0.3 is 10.1 Å². The number of nitrogens with two attached hydrogens (primary N) is 1. The third-order valence-electron chi connectivity index (χ3n) is 3.21. The molecule has 0 aliphatic rings. The zero-order valence-corrected chi connectivity index (χ0v) is 14.6. The van der Waals surface area contributed by atoms with Crippen molar-refractivity contribution in [1.29, 1.82) is 0 Å². The van der Waals surface area contributed by atoms with Crippen molar-refractivity contribution in [2.75, 3.05) is 11.0 Å². The van der Waals surface area contributed by atoms with E-state index in [1.54, 1.807) is 18.2 Å². The number of halogens is 1. The van der Waals surface area contributed by atoms with E-state index in [1.165, 1.54) is 6.07 Å². The number of benzene rings is 2. The van der Waals surface area contributed by atoms with Crippen molar-refractivity contribution >= 4 is 49.4 Å². The molecule has 2 rings (SSSR count). The van der Waals surface area contributed by atoms with Crippen molar-refractivity contribution in [3.8, 4) is 0 Å². The summed E-state index contributed by atoms with van der Waals surface area (Å²) in [6, 6.07) is 10.3. The van der Waals surface area contributed by atoms with Crippen molar-refractivity contribution < 1.29 is 17.5 Å². The molecule has 0 heterocycles. The van der Waals surface area contributed by atoms with Crippen LogP contribution >= 0.6 is 22.6 Å². The quantitative estimate of drug-likeness (QED) is 0.408. The molecule has 0 saturated carbocycles. The van der Waals surface area contributed by atoms with E-state index in [0.29, 0.717) is 22.8 Å². The average Bonchev–Trinajstić information content (AvgIpc) is 2.54. The van der Waals surface area contributed by atoms with Gasteiger partial charge in [0.1, 0.15) is 4.90 Å². The molecule has 0 spiro atoms. The van der Waals surface area contributed by atoms with E-state index < -0.39 is 10.1 Å². The van der Waals surface area contributed by atoms with Crippen LogP contribution < -0.4 is 11.2 Å². The minimum absolute atomic E-state index is 0.0272. The molecule has 8 heteroatoms. The van der Waals surface area contributed by atoms with Crippen molar-refractivity contribution in [1.82, 2.24) is 5.32 Å². The van der Waals surface area contributed by atoms with Gasteiger partial charge in [-0.2, -0.15) is 18.6 Å². The Bertz CT molecular complexity index is 793. The van der Waals surface area contributed by atoms with Crippen LogP contribution in [0.5, 0.6) is 0 Å². The summed E-state index contributed by atoms with van der Waals surface area (Å²) in [7, 11) is -3.97. The molecular weight excluding hydrogens is 419 g/mol. The maximum atomic E-state index is 11.9. The minimum Gasteiger partial charge on any atom is -0.355 e. The highest BCUT2D eigenvalue weighted by Gasteiger charge is 2.17. The number of carbonyl (C=O) groups excluding carboxylic acids is 1. The molecule has 2 aromatic rings. The molecular formula is C14H15IN2O4S. The lowest BCUT2D eigenvalue weighted by molar-refractivity contribution is -0.118. The molecule has 0 saturated heterocycles. The van der Waals surface area contributed by atoms with E-state index in [0.717, 1.165) is 10.9 Å². The number of carbonyl (C=O) groups is 1. The third kappa shape index (κ3) is 3.75. The Kier molecular flexibility index (Phi) is 5.73. The maximum Gasteiger partial charge on any atom is 0.313 e. The molecule has 0 aliphatic carbocycles. The Labute approximate surface area is 142 Å². The van der Waals surface area contributed by atoms with E-state index in [-0.39, 0.29) is 10.8 Å². The number of amides is 1. The zero-order chi connectivity index (χ0) is 16.2. The average molecular weight is 434 g/mol. The summed E-state index contributed by atoms with van der Waals surface area (Å²) >= 11 is 1.99. The molecule has 0 radical (unpaired) electrons. The van der Waals surface area contributed by atoms with Gasteiger partial charge in [-0.3, -0.25) is 4.79 Å². The Morgan fingerprint density at radius 1 is 1.18 bits per heavy atom. The molecule has 0 atom stereocenters. The molecule has 0 fully saturated rings. The van der Waals surface area contributed by atoms with Crippen LogP contribution in [0.25, 0.3) is 10.8 Å². The second-order valence-electron chi connectivity index (χ2n) is 4.55. The molecule has 0 aliphatic heterocycles. The van der Waals surface area contributed by atoms with Crippen LogP contribution in [0.4, 0.5) is 0 Å². The summed E-state index contributed by atoms with van der Waals surface area (Å²) in [4.78, 5) is 11.3. The molecule has 0 aromatic heterocycles. The largest absolute Gasteiger partial charge is 0.355 e. The van der Waals surface area contributed by atoms with Gasteiger partial charge in [-0.1, -0.05) is 52.9 Å². The number of hydrogen-bond donors (Lipinski definition) is 2. The topological polar surface area (TPSA) is 98.5 Å². The number of rotatable bonds is 6. The minimum atomic E-state index is -3.97. The van der Waals surface area contributed by atoms with Crippen LogP contribution in [0.15, 0.2) is 41.3 Å². The molecule has 6 nitrogen and oxygen atoms in total. The van der Waals surface area contributed by atoms with Crippen molar-refractivity contribution in [3.05, 3.63) is 42.0 Å². The van der Waals surface area contributed by atoms with Gasteiger partial charge in [0, 0.05) is 11.9 Å². The SMILES string of the molecule is NOS(=O)(=O)c1cccc2c(CCNC(=O)CI)cccc12. The monoisotopic (exact) mass is 434 g/mol. The van der Waals surface area contributed by atoms with Crippen LogP contribution in [0.2, 0.25) is 0 Å². The predicted molar refractivity (Wildman–Crippen MR) is 92.0 cm³/mol. The Morgan fingerprint density at radius 2 is 1.86 bits per heavy atom. The molecule has 3 N–H and O–H groups in total.